The van der Waals surface area contributed by atoms with Crippen LogP contribution in [0.1, 0.15) is 12.7 Å². The van der Waals surface area contributed by atoms with Gasteiger partial charge in [-0.25, -0.2) is 4.98 Å². The average Bonchev–Trinajstić information content (AvgIpc) is 2.36. The van der Waals surface area contributed by atoms with E-state index in [1.807, 2.05) is 6.07 Å². The van der Waals surface area contributed by atoms with Crippen LogP contribution in [0, 0.1) is 0 Å². The summed E-state index contributed by atoms with van der Waals surface area (Å²) in [5.41, 5.74) is 0.444. The van der Waals surface area contributed by atoms with E-state index in [4.69, 9.17) is 4.74 Å². The van der Waals surface area contributed by atoms with E-state index in [0.29, 0.717) is 23.3 Å². The number of ether oxygens (including phenoxy) is 1. The predicted octanol–water partition coefficient (Wildman–Crippen LogP) is 1.04. The Kier molecular flexibility index (Phi) is 3.41. The number of hydrogen-bond acceptors (Lipinski definition) is 4. The Morgan fingerprint density at radius 1 is 1.39 bits per heavy atom. The van der Waals surface area contributed by atoms with E-state index in [1.54, 1.807) is 32.2 Å². The van der Waals surface area contributed by atoms with E-state index >= 15 is 0 Å². The first-order valence-electron chi connectivity index (χ1n) is 5.73. The maximum atomic E-state index is 12.1. The zero-order valence-corrected chi connectivity index (χ0v) is 10.3. The molecule has 0 aliphatic rings. The number of fused-ring (bicyclic) bond motifs is 1. The number of benzene rings is 1. The van der Waals surface area contributed by atoms with Crippen LogP contribution in [-0.2, 0) is 23.0 Å². The molecule has 1 aromatic carbocycles. The van der Waals surface area contributed by atoms with Gasteiger partial charge >= 0.3 is 5.97 Å². The Morgan fingerprint density at radius 2 is 2.11 bits per heavy atom. The summed E-state index contributed by atoms with van der Waals surface area (Å²) in [7, 11) is 1.61. The lowest BCUT2D eigenvalue weighted by molar-refractivity contribution is -0.142. The molecule has 0 spiro atoms. The minimum atomic E-state index is -0.379. The molecule has 1 aromatic heterocycles. The number of carbonyl (C=O) groups excluding carboxylic acids is 1. The Balaban J connectivity index is 2.49. The molecular weight excluding hydrogens is 232 g/mol. The molecule has 0 aliphatic carbocycles. The summed E-state index contributed by atoms with van der Waals surface area (Å²) in [6.07, 6.45) is 0.00438. The molecule has 1 heterocycles. The van der Waals surface area contributed by atoms with Crippen molar-refractivity contribution in [1.82, 2.24) is 9.55 Å². The quantitative estimate of drug-likeness (QED) is 0.759. The van der Waals surface area contributed by atoms with Crippen molar-refractivity contribution in [3.05, 3.63) is 40.4 Å². The van der Waals surface area contributed by atoms with Gasteiger partial charge in [0.1, 0.15) is 12.2 Å². The second-order valence-corrected chi connectivity index (χ2v) is 3.89. The molecule has 5 heteroatoms. The molecule has 0 fully saturated rings. The smallest absolute Gasteiger partial charge is 0.313 e. The summed E-state index contributed by atoms with van der Waals surface area (Å²) in [6, 6.07) is 7.07. The second kappa shape index (κ2) is 5.00. The molecule has 18 heavy (non-hydrogen) atoms. The number of hydrogen-bond donors (Lipinski definition) is 0. The molecule has 94 valence electrons. The fraction of sp³-hybridized carbons (Fsp3) is 0.308. The Morgan fingerprint density at radius 3 is 2.83 bits per heavy atom. The van der Waals surface area contributed by atoms with Gasteiger partial charge in [-0.15, -0.1) is 0 Å². The Bertz CT molecular complexity index is 646. The normalized spacial score (nSPS) is 10.6. The minimum absolute atomic E-state index is 0.00438. The molecule has 0 saturated heterocycles. The van der Waals surface area contributed by atoms with E-state index in [2.05, 4.69) is 4.98 Å². The van der Waals surface area contributed by atoms with Crippen LogP contribution >= 0.6 is 0 Å². The Labute approximate surface area is 104 Å². The highest BCUT2D eigenvalue weighted by molar-refractivity contribution is 5.78. The topological polar surface area (TPSA) is 61.2 Å². The van der Waals surface area contributed by atoms with Crippen LogP contribution in [0.5, 0.6) is 0 Å². The van der Waals surface area contributed by atoms with Crippen LogP contribution in [0.2, 0.25) is 0 Å². The van der Waals surface area contributed by atoms with Crippen molar-refractivity contribution in [3.63, 3.8) is 0 Å². The summed E-state index contributed by atoms with van der Waals surface area (Å²) in [5.74, 6) is 0.0347. The SMILES string of the molecule is CCOC(=O)Cc1nc2ccccc2c(=O)n1C. The lowest BCUT2D eigenvalue weighted by atomic mass is 10.2. The number of carbonyl (C=O) groups is 1. The monoisotopic (exact) mass is 246 g/mol. The van der Waals surface area contributed by atoms with Crippen LogP contribution in [0.15, 0.2) is 29.1 Å². The lowest BCUT2D eigenvalue weighted by Crippen LogP contribution is -2.24. The van der Waals surface area contributed by atoms with Gasteiger partial charge in [0.25, 0.3) is 5.56 Å². The zero-order valence-electron chi connectivity index (χ0n) is 10.3. The molecule has 0 atom stereocenters. The van der Waals surface area contributed by atoms with Crippen LogP contribution in [-0.4, -0.2) is 22.1 Å². The molecule has 0 radical (unpaired) electrons. The molecule has 0 aliphatic heterocycles. The number of rotatable bonds is 3. The van der Waals surface area contributed by atoms with Crippen molar-refractivity contribution in [3.8, 4) is 0 Å². The van der Waals surface area contributed by atoms with Crippen LogP contribution in [0.25, 0.3) is 10.9 Å². The summed E-state index contributed by atoms with van der Waals surface area (Å²) in [5, 5.41) is 0.549. The third kappa shape index (κ3) is 2.25. The van der Waals surface area contributed by atoms with Crippen molar-refractivity contribution in [1.29, 1.82) is 0 Å². The summed E-state index contributed by atoms with van der Waals surface area (Å²) >= 11 is 0. The van der Waals surface area contributed by atoms with Gasteiger partial charge < -0.3 is 4.74 Å². The second-order valence-electron chi connectivity index (χ2n) is 3.89. The highest BCUT2D eigenvalue weighted by Crippen LogP contribution is 2.07. The van der Waals surface area contributed by atoms with Gasteiger partial charge in [-0.1, -0.05) is 12.1 Å². The number of aromatic nitrogens is 2. The average molecular weight is 246 g/mol. The fourth-order valence-corrected chi connectivity index (χ4v) is 1.76. The molecule has 2 rings (SSSR count). The molecule has 0 amide bonds. The molecule has 0 saturated carbocycles. The van der Waals surface area contributed by atoms with E-state index in [-0.39, 0.29) is 17.9 Å². The number of nitrogens with zero attached hydrogens (tertiary/aromatic N) is 2. The largest absolute Gasteiger partial charge is 0.466 e. The number of para-hydroxylation sites is 1. The van der Waals surface area contributed by atoms with Gasteiger partial charge in [-0.05, 0) is 19.1 Å². The van der Waals surface area contributed by atoms with Crippen molar-refractivity contribution in [2.75, 3.05) is 6.61 Å². The van der Waals surface area contributed by atoms with Gasteiger partial charge in [0.2, 0.25) is 0 Å². The number of esters is 1. The molecule has 0 N–H and O–H groups in total. The molecule has 0 bridgehead atoms. The van der Waals surface area contributed by atoms with Gasteiger partial charge in [-0.2, -0.15) is 0 Å². The van der Waals surface area contributed by atoms with Crippen molar-refractivity contribution >= 4 is 16.9 Å². The van der Waals surface area contributed by atoms with Crippen molar-refractivity contribution in [2.24, 2.45) is 7.05 Å². The Hall–Kier alpha value is -2.17. The first kappa shape index (κ1) is 12.3. The first-order chi connectivity index (χ1) is 8.63. The third-order valence-corrected chi connectivity index (χ3v) is 2.68. The van der Waals surface area contributed by atoms with Gasteiger partial charge in [-0.3, -0.25) is 14.2 Å². The van der Waals surface area contributed by atoms with Crippen molar-refractivity contribution in [2.45, 2.75) is 13.3 Å². The lowest BCUT2D eigenvalue weighted by Gasteiger charge is -2.08. The predicted molar refractivity (Wildman–Crippen MR) is 67.3 cm³/mol. The van der Waals surface area contributed by atoms with Gasteiger partial charge in [0, 0.05) is 7.05 Å². The standard InChI is InChI=1S/C13H14N2O3/c1-3-18-12(16)8-11-14-10-7-5-4-6-9(10)13(17)15(11)2/h4-7H,3,8H2,1-2H3. The van der Waals surface area contributed by atoms with Crippen LogP contribution < -0.4 is 5.56 Å². The van der Waals surface area contributed by atoms with Crippen LogP contribution in [0.3, 0.4) is 0 Å². The molecule has 5 nitrogen and oxygen atoms in total. The van der Waals surface area contributed by atoms with Crippen molar-refractivity contribution < 1.29 is 9.53 Å². The zero-order chi connectivity index (χ0) is 13.1. The molecular formula is C13H14N2O3. The molecule has 0 unspecified atom stereocenters. The van der Waals surface area contributed by atoms with E-state index < -0.39 is 0 Å². The maximum absolute atomic E-state index is 12.1. The summed E-state index contributed by atoms with van der Waals surface area (Å²) in [4.78, 5) is 27.8. The van der Waals surface area contributed by atoms with Crippen LogP contribution in [0.4, 0.5) is 0 Å². The minimum Gasteiger partial charge on any atom is -0.466 e. The highest BCUT2D eigenvalue weighted by Gasteiger charge is 2.12. The van der Waals surface area contributed by atoms with E-state index in [0.717, 1.165) is 0 Å². The maximum Gasteiger partial charge on any atom is 0.313 e. The van der Waals surface area contributed by atoms with Gasteiger partial charge in [0.05, 0.1) is 17.5 Å². The van der Waals surface area contributed by atoms with E-state index in [1.165, 1.54) is 4.57 Å². The summed E-state index contributed by atoms with van der Waals surface area (Å²) < 4.78 is 6.25. The van der Waals surface area contributed by atoms with Gasteiger partial charge in [0.15, 0.2) is 0 Å². The fourth-order valence-electron chi connectivity index (χ4n) is 1.76. The first-order valence-corrected chi connectivity index (χ1v) is 5.73. The molecule has 2 aromatic rings. The third-order valence-electron chi connectivity index (χ3n) is 2.68. The highest BCUT2D eigenvalue weighted by atomic mass is 16.5. The van der Waals surface area contributed by atoms with E-state index in [9.17, 15) is 9.59 Å². The summed E-state index contributed by atoms with van der Waals surface area (Å²) in [6.45, 7) is 2.06.